The molecule has 0 saturated heterocycles. The van der Waals surface area contributed by atoms with Gasteiger partial charge in [0.05, 0.1) is 6.10 Å². The Morgan fingerprint density at radius 3 is 1.42 bits per heavy atom. The van der Waals surface area contributed by atoms with Crippen LogP contribution in [0.1, 0.15) is 33.1 Å². The van der Waals surface area contributed by atoms with Crippen LogP contribution in [0.2, 0.25) is 0 Å². The molecule has 0 aromatic heterocycles. The van der Waals surface area contributed by atoms with Gasteiger partial charge in [-0.1, -0.05) is 19.7 Å². The van der Waals surface area contributed by atoms with Crippen molar-refractivity contribution in [2.45, 2.75) is 39.2 Å². The fraction of sp³-hybridized carbons (Fsp3) is 0.438. The molecule has 24 heavy (non-hydrogen) atoms. The molecule has 1 unspecified atom stereocenters. The van der Waals surface area contributed by atoms with E-state index >= 15 is 0 Å². The summed E-state index contributed by atoms with van der Waals surface area (Å²) in [5, 5.41) is 41.8. The lowest BCUT2D eigenvalue weighted by Crippen LogP contribution is -2.12. The van der Waals surface area contributed by atoms with Gasteiger partial charge in [0.25, 0.3) is 0 Å². The van der Waals surface area contributed by atoms with Crippen LogP contribution in [0.5, 0.6) is 0 Å². The maximum Gasteiger partial charge on any atom is 0.331 e. The average Bonchev–Trinajstić information content (AvgIpc) is 2.45. The smallest absolute Gasteiger partial charge is 0.331 e. The van der Waals surface area contributed by atoms with Gasteiger partial charge < -0.3 is 25.5 Å². The molecule has 0 aliphatic heterocycles. The highest BCUT2D eigenvalue weighted by Crippen LogP contribution is 2.07. The van der Waals surface area contributed by atoms with Gasteiger partial charge in [-0.3, -0.25) is 0 Å². The normalized spacial score (nSPS) is 10.0. The molecule has 0 rings (SSSR count). The Hall–Kier alpha value is -2.45. The van der Waals surface area contributed by atoms with Gasteiger partial charge in [0, 0.05) is 29.7 Å². The van der Waals surface area contributed by atoms with Crippen LogP contribution in [-0.2, 0) is 14.4 Å². The first-order valence-electron chi connectivity index (χ1n) is 6.84. The Morgan fingerprint density at radius 1 is 0.875 bits per heavy atom. The molecule has 0 spiro atoms. The zero-order valence-corrected chi connectivity index (χ0v) is 14.0. The second-order valence-electron chi connectivity index (χ2n) is 4.80. The van der Waals surface area contributed by atoms with Gasteiger partial charge in [0.1, 0.15) is 0 Å². The Morgan fingerprint density at radius 2 is 1.21 bits per heavy atom. The molecule has 1 atom stereocenters. The molecule has 0 radical (unpaired) electrons. The van der Waals surface area contributed by atoms with E-state index in [9.17, 15) is 14.4 Å². The summed E-state index contributed by atoms with van der Waals surface area (Å²) >= 11 is 0. The van der Waals surface area contributed by atoms with Crippen molar-refractivity contribution < 1.29 is 39.9 Å². The molecule has 5 N–H and O–H groups in total. The van der Waals surface area contributed by atoms with Gasteiger partial charge in [-0.15, -0.1) is 0 Å². The van der Waals surface area contributed by atoms with Gasteiger partial charge in [0.2, 0.25) is 0 Å². The van der Waals surface area contributed by atoms with Crippen LogP contribution in [0.4, 0.5) is 0 Å². The van der Waals surface area contributed by atoms with Gasteiger partial charge in [-0.2, -0.15) is 0 Å². The Bertz CT molecular complexity index is 417. The highest BCUT2D eigenvalue weighted by molar-refractivity contribution is 5.86. The first-order chi connectivity index (χ1) is 10.9. The maximum absolute atomic E-state index is 10.2. The number of hydrogen-bond acceptors (Lipinski definition) is 5. The van der Waals surface area contributed by atoms with Crippen LogP contribution in [-0.4, -0.2) is 56.2 Å². The minimum Gasteiger partial charge on any atom is -0.478 e. The summed E-state index contributed by atoms with van der Waals surface area (Å²) in [5.74, 6) is -2.96. The van der Waals surface area contributed by atoms with E-state index in [-0.39, 0.29) is 29.7 Å². The number of carbonyl (C=O) groups is 3. The molecule has 0 bridgehead atoms. The Balaban J connectivity index is -0.000000309. The van der Waals surface area contributed by atoms with E-state index in [0.717, 1.165) is 0 Å². The predicted molar refractivity (Wildman–Crippen MR) is 88.6 cm³/mol. The monoisotopic (exact) mass is 346 g/mol. The third-order valence-corrected chi connectivity index (χ3v) is 2.21. The average molecular weight is 346 g/mol. The third kappa shape index (κ3) is 21.8. The fourth-order valence-electron chi connectivity index (χ4n) is 0.801. The van der Waals surface area contributed by atoms with E-state index in [1.54, 1.807) is 0 Å². The zero-order chi connectivity index (χ0) is 19.9. The molecule has 0 amide bonds. The number of aliphatic hydroxyl groups is 2. The summed E-state index contributed by atoms with van der Waals surface area (Å²) in [5.41, 5.74) is 0.352. The first kappa shape index (κ1) is 26.4. The molecular formula is C16H26O8. The van der Waals surface area contributed by atoms with E-state index in [1.807, 2.05) is 0 Å². The number of aliphatic hydroxyl groups excluding tert-OH is 2. The van der Waals surface area contributed by atoms with Crippen LogP contribution in [0.15, 0.2) is 36.5 Å². The van der Waals surface area contributed by atoms with Gasteiger partial charge >= 0.3 is 17.9 Å². The summed E-state index contributed by atoms with van der Waals surface area (Å²) in [6.07, 6.45) is 0.243. The van der Waals surface area contributed by atoms with Crippen molar-refractivity contribution in [3.8, 4) is 0 Å². The van der Waals surface area contributed by atoms with Gasteiger partial charge in [-0.25, -0.2) is 14.4 Å². The van der Waals surface area contributed by atoms with E-state index < -0.39 is 24.0 Å². The van der Waals surface area contributed by atoms with E-state index in [4.69, 9.17) is 25.5 Å². The number of carboxylic acids is 3. The highest BCUT2D eigenvalue weighted by atomic mass is 16.4. The molecule has 8 heteroatoms. The molecule has 0 fully saturated rings. The van der Waals surface area contributed by atoms with Crippen LogP contribution < -0.4 is 0 Å². The minimum atomic E-state index is -1.09. The summed E-state index contributed by atoms with van der Waals surface area (Å²) in [7, 11) is 0. The zero-order valence-electron chi connectivity index (χ0n) is 14.0. The van der Waals surface area contributed by atoms with Crippen molar-refractivity contribution in [1.29, 1.82) is 0 Å². The van der Waals surface area contributed by atoms with Gasteiger partial charge in [0.15, 0.2) is 0 Å². The fourth-order valence-corrected chi connectivity index (χ4v) is 0.801. The molecule has 0 aliphatic rings. The van der Waals surface area contributed by atoms with E-state index in [1.165, 1.54) is 13.8 Å². The SMILES string of the molecule is C=C(C)C(=O)O.C=C(C)C(=O)O.C=C(CC(O)CCCO)C(=O)O. The lowest BCUT2D eigenvalue weighted by atomic mass is 10.1. The van der Waals surface area contributed by atoms with Crippen LogP contribution in [0.25, 0.3) is 0 Å². The molecule has 8 nitrogen and oxygen atoms in total. The molecule has 0 aromatic carbocycles. The van der Waals surface area contributed by atoms with Crippen LogP contribution in [0, 0.1) is 0 Å². The van der Waals surface area contributed by atoms with Crippen LogP contribution in [0.3, 0.4) is 0 Å². The quantitative estimate of drug-likeness (QED) is 0.414. The van der Waals surface area contributed by atoms with Crippen molar-refractivity contribution in [3.63, 3.8) is 0 Å². The maximum atomic E-state index is 10.2. The molecule has 0 aromatic rings. The Labute approximate surface area is 141 Å². The van der Waals surface area contributed by atoms with Crippen molar-refractivity contribution >= 4 is 17.9 Å². The lowest BCUT2D eigenvalue weighted by molar-refractivity contribution is -0.133. The predicted octanol–water partition coefficient (Wildman–Crippen LogP) is 1.44. The number of aliphatic carboxylic acids is 3. The number of hydrogen-bond donors (Lipinski definition) is 5. The van der Waals surface area contributed by atoms with Crippen molar-refractivity contribution in [2.75, 3.05) is 6.61 Å². The molecule has 0 aliphatic carbocycles. The first-order valence-corrected chi connectivity index (χ1v) is 6.84. The van der Waals surface area contributed by atoms with E-state index in [2.05, 4.69) is 19.7 Å². The largest absolute Gasteiger partial charge is 0.478 e. The summed E-state index contributed by atoms with van der Waals surface area (Å²) in [6, 6.07) is 0. The Kier molecular flexibility index (Phi) is 17.0. The summed E-state index contributed by atoms with van der Waals surface area (Å²) < 4.78 is 0. The summed E-state index contributed by atoms with van der Waals surface area (Å²) in [6.45, 7) is 12.5. The molecule has 0 heterocycles. The van der Waals surface area contributed by atoms with Crippen molar-refractivity contribution in [3.05, 3.63) is 36.5 Å². The molecule has 0 saturated carbocycles. The molecular weight excluding hydrogens is 320 g/mol. The van der Waals surface area contributed by atoms with E-state index in [0.29, 0.717) is 12.8 Å². The second-order valence-corrected chi connectivity index (χ2v) is 4.80. The van der Waals surface area contributed by atoms with Crippen molar-refractivity contribution in [2.24, 2.45) is 0 Å². The second kappa shape index (κ2) is 15.4. The lowest BCUT2D eigenvalue weighted by Gasteiger charge is -2.08. The highest BCUT2D eigenvalue weighted by Gasteiger charge is 2.10. The standard InChI is InChI=1S/C8H14O4.2C4H6O2/c1-6(8(11)12)5-7(10)3-2-4-9;2*1-3(2)4(5)6/h7,9-10H,1-5H2,(H,11,12);2*1H2,2H3,(H,5,6). The number of carboxylic acid groups (broad SMARTS) is 3. The minimum absolute atomic E-state index is 0.000407. The topological polar surface area (TPSA) is 152 Å². The summed E-state index contributed by atoms with van der Waals surface area (Å²) in [4.78, 5) is 29.4. The molecule has 138 valence electrons. The van der Waals surface area contributed by atoms with Crippen molar-refractivity contribution in [1.82, 2.24) is 0 Å². The third-order valence-electron chi connectivity index (χ3n) is 2.21. The van der Waals surface area contributed by atoms with Gasteiger partial charge in [-0.05, 0) is 26.7 Å². The number of rotatable bonds is 8. The van der Waals surface area contributed by atoms with Crippen LogP contribution >= 0.6 is 0 Å².